The molecule has 0 aliphatic carbocycles. The Bertz CT molecular complexity index is 472. The molecule has 0 saturated heterocycles. The first-order valence-electron chi connectivity index (χ1n) is 5.57. The van der Waals surface area contributed by atoms with Crippen molar-refractivity contribution >= 4 is 11.7 Å². The monoisotopic (exact) mass is 251 g/mol. The highest BCUT2D eigenvalue weighted by Gasteiger charge is 2.16. The van der Waals surface area contributed by atoms with Crippen molar-refractivity contribution in [2.24, 2.45) is 10.9 Å². The van der Waals surface area contributed by atoms with Gasteiger partial charge in [-0.25, -0.2) is 0 Å². The number of hydrogen-bond acceptors (Lipinski definition) is 4. The van der Waals surface area contributed by atoms with Crippen molar-refractivity contribution in [2.45, 2.75) is 26.3 Å². The van der Waals surface area contributed by atoms with Gasteiger partial charge in [0.1, 0.15) is 5.75 Å². The molecule has 98 valence electrons. The van der Waals surface area contributed by atoms with Crippen molar-refractivity contribution in [3.05, 3.63) is 29.3 Å². The predicted molar refractivity (Wildman–Crippen MR) is 67.8 cm³/mol. The molecule has 0 aliphatic heterocycles. The van der Waals surface area contributed by atoms with E-state index in [1.165, 1.54) is 12.1 Å². The molecule has 0 spiro atoms. The third kappa shape index (κ3) is 3.13. The molecule has 5 N–H and O–H groups in total. The number of nitrogens with one attached hydrogen (secondary N) is 1. The topological polar surface area (TPSA) is 108 Å². The molecule has 6 nitrogen and oxygen atoms in total. The van der Waals surface area contributed by atoms with Gasteiger partial charge in [-0.15, -0.1) is 0 Å². The average Bonchev–Trinajstić information content (AvgIpc) is 2.37. The van der Waals surface area contributed by atoms with Gasteiger partial charge in [-0.05, 0) is 37.1 Å². The zero-order chi connectivity index (χ0) is 13.7. The molecule has 0 fully saturated rings. The first kappa shape index (κ1) is 13.8. The fraction of sp³-hybridized carbons (Fsp3) is 0.333. The Balaban J connectivity index is 2.84. The van der Waals surface area contributed by atoms with Crippen molar-refractivity contribution in [3.8, 4) is 5.75 Å². The Labute approximate surface area is 105 Å². The van der Waals surface area contributed by atoms with Crippen LogP contribution in [0, 0.1) is 6.92 Å². The number of phenols is 1. The molecular formula is C12H17N3O3. The minimum Gasteiger partial charge on any atom is -0.508 e. The number of hydrogen-bond donors (Lipinski definition) is 4. The second kappa shape index (κ2) is 5.90. The minimum atomic E-state index is -0.517. The largest absolute Gasteiger partial charge is 0.508 e. The molecule has 1 atom stereocenters. The van der Waals surface area contributed by atoms with E-state index < -0.39 is 6.04 Å². The fourth-order valence-electron chi connectivity index (χ4n) is 1.49. The van der Waals surface area contributed by atoms with Gasteiger partial charge in [-0.3, -0.25) is 4.79 Å². The SMILES string of the molecule is CCC(NC(=O)c1ccc(O)c(C)c1)/C(N)=N/O. The van der Waals surface area contributed by atoms with E-state index in [2.05, 4.69) is 10.5 Å². The number of aromatic hydroxyl groups is 1. The second-order valence-electron chi connectivity index (χ2n) is 3.96. The molecule has 1 rings (SSSR count). The van der Waals surface area contributed by atoms with Crippen LogP contribution < -0.4 is 11.1 Å². The summed E-state index contributed by atoms with van der Waals surface area (Å²) in [5, 5.41) is 23.5. The molecule has 1 aromatic carbocycles. The lowest BCUT2D eigenvalue weighted by atomic mass is 10.1. The van der Waals surface area contributed by atoms with Crippen LogP contribution in [0.5, 0.6) is 5.75 Å². The normalized spacial score (nSPS) is 13.1. The molecule has 1 aromatic rings. The lowest BCUT2D eigenvalue weighted by Crippen LogP contribution is -2.44. The summed E-state index contributed by atoms with van der Waals surface area (Å²) in [5.74, 6) is -0.243. The lowest BCUT2D eigenvalue weighted by Gasteiger charge is -2.15. The fourth-order valence-corrected chi connectivity index (χ4v) is 1.49. The molecule has 6 heteroatoms. The van der Waals surface area contributed by atoms with Gasteiger partial charge >= 0.3 is 0 Å². The van der Waals surface area contributed by atoms with E-state index in [4.69, 9.17) is 10.9 Å². The van der Waals surface area contributed by atoms with Crippen LogP contribution in [0.1, 0.15) is 29.3 Å². The Morgan fingerprint density at radius 3 is 2.72 bits per heavy atom. The van der Waals surface area contributed by atoms with Crippen LogP contribution in [0.4, 0.5) is 0 Å². The minimum absolute atomic E-state index is 0.0404. The standard InChI is InChI=1S/C12H17N3O3/c1-3-9(11(13)15-18)14-12(17)8-4-5-10(16)7(2)6-8/h4-6,9,16,18H,3H2,1-2H3,(H2,13,15)(H,14,17). The summed E-state index contributed by atoms with van der Waals surface area (Å²) in [6.07, 6.45) is 0.513. The zero-order valence-electron chi connectivity index (χ0n) is 10.3. The number of oxime groups is 1. The Kier molecular flexibility index (Phi) is 4.53. The maximum atomic E-state index is 11.9. The highest BCUT2D eigenvalue weighted by molar-refractivity contribution is 5.98. The smallest absolute Gasteiger partial charge is 0.251 e. The van der Waals surface area contributed by atoms with E-state index in [1.807, 2.05) is 6.92 Å². The summed E-state index contributed by atoms with van der Waals surface area (Å²) in [6, 6.07) is 4.02. The summed E-state index contributed by atoms with van der Waals surface area (Å²) < 4.78 is 0. The van der Waals surface area contributed by atoms with Crippen LogP contribution in [-0.4, -0.2) is 28.1 Å². The Hall–Kier alpha value is -2.24. The molecule has 0 heterocycles. The average molecular weight is 251 g/mol. The summed E-state index contributed by atoms with van der Waals surface area (Å²) in [6.45, 7) is 3.51. The van der Waals surface area contributed by atoms with Crippen LogP contribution in [0.2, 0.25) is 0 Å². The van der Waals surface area contributed by atoms with E-state index in [0.29, 0.717) is 17.5 Å². The summed E-state index contributed by atoms with van der Waals surface area (Å²) in [7, 11) is 0. The van der Waals surface area contributed by atoms with Crippen molar-refractivity contribution < 1.29 is 15.1 Å². The Morgan fingerprint density at radius 1 is 1.56 bits per heavy atom. The summed E-state index contributed by atoms with van der Waals surface area (Å²) >= 11 is 0. The van der Waals surface area contributed by atoms with Crippen LogP contribution in [0.25, 0.3) is 0 Å². The number of amides is 1. The second-order valence-corrected chi connectivity index (χ2v) is 3.96. The number of rotatable bonds is 4. The summed E-state index contributed by atoms with van der Waals surface area (Å²) in [5.41, 5.74) is 6.48. The molecule has 1 amide bonds. The Morgan fingerprint density at radius 2 is 2.22 bits per heavy atom. The van der Waals surface area contributed by atoms with Crippen LogP contribution in [-0.2, 0) is 0 Å². The predicted octanol–water partition coefficient (Wildman–Crippen LogP) is 0.955. The maximum Gasteiger partial charge on any atom is 0.251 e. The molecule has 0 saturated carbocycles. The molecule has 0 aromatic heterocycles. The van der Waals surface area contributed by atoms with Gasteiger partial charge in [-0.1, -0.05) is 12.1 Å². The number of amidine groups is 1. The van der Waals surface area contributed by atoms with Crippen molar-refractivity contribution in [1.29, 1.82) is 0 Å². The highest BCUT2D eigenvalue weighted by atomic mass is 16.4. The highest BCUT2D eigenvalue weighted by Crippen LogP contribution is 2.16. The van der Waals surface area contributed by atoms with Crippen LogP contribution in [0.15, 0.2) is 23.4 Å². The molecular weight excluding hydrogens is 234 g/mol. The van der Waals surface area contributed by atoms with Gasteiger partial charge in [0.05, 0.1) is 6.04 Å². The van der Waals surface area contributed by atoms with Crippen molar-refractivity contribution in [1.82, 2.24) is 5.32 Å². The van der Waals surface area contributed by atoms with Gasteiger partial charge in [0.15, 0.2) is 5.84 Å². The first-order chi connectivity index (χ1) is 8.49. The number of phenolic OH excluding ortho intramolecular Hbond substituents is 1. The molecule has 18 heavy (non-hydrogen) atoms. The third-order valence-corrected chi connectivity index (χ3v) is 2.65. The molecule has 0 aliphatic rings. The molecule has 1 unspecified atom stereocenters. The third-order valence-electron chi connectivity index (χ3n) is 2.65. The van der Waals surface area contributed by atoms with Gasteiger partial charge in [-0.2, -0.15) is 0 Å². The number of benzene rings is 1. The lowest BCUT2D eigenvalue weighted by molar-refractivity contribution is 0.0945. The zero-order valence-corrected chi connectivity index (χ0v) is 10.3. The van der Waals surface area contributed by atoms with E-state index in [-0.39, 0.29) is 17.5 Å². The molecule has 0 bridgehead atoms. The quantitative estimate of drug-likeness (QED) is 0.276. The van der Waals surface area contributed by atoms with Crippen molar-refractivity contribution in [3.63, 3.8) is 0 Å². The number of carbonyl (C=O) groups is 1. The van der Waals surface area contributed by atoms with Crippen LogP contribution in [0.3, 0.4) is 0 Å². The van der Waals surface area contributed by atoms with Crippen LogP contribution >= 0.6 is 0 Å². The summed E-state index contributed by atoms with van der Waals surface area (Å²) in [4.78, 5) is 11.9. The number of aryl methyl sites for hydroxylation is 1. The first-order valence-corrected chi connectivity index (χ1v) is 5.57. The van der Waals surface area contributed by atoms with Gasteiger partial charge in [0.2, 0.25) is 0 Å². The maximum absolute atomic E-state index is 11.9. The van der Waals surface area contributed by atoms with Gasteiger partial charge in [0.25, 0.3) is 5.91 Å². The molecule has 0 radical (unpaired) electrons. The van der Waals surface area contributed by atoms with Gasteiger partial charge in [0, 0.05) is 5.56 Å². The van der Waals surface area contributed by atoms with E-state index >= 15 is 0 Å². The van der Waals surface area contributed by atoms with E-state index in [9.17, 15) is 9.90 Å². The van der Waals surface area contributed by atoms with Gasteiger partial charge < -0.3 is 21.4 Å². The number of nitrogens with two attached hydrogens (primary N) is 1. The van der Waals surface area contributed by atoms with Crippen molar-refractivity contribution in [2.75, 3.05) is 0 Å². The number of nitrogens with zero attached hydrogens (tertiary/aromatic N) is 1. The van der Waals surface area contributed by atoms with E-state index in [0.717, 1.165) is 0 Å². The van der Waals surface area contributed by atoms with E-state index in [1.54, 1.807) is 13.0 Å². The number of carbonyl (C=O) groups excluding carboxylic acids is 1.